The summed E-state index contributed by atoms with van der Waals surface area (Å²) in [5.41, 5.74) is 1.48. The Balaban J connectivity index is 2.67. The molecule has 1 aromatic carbocycles. The number of hydrogen-bond donors (Lipinski definition) is 1. The lowest BCUT2D eigenvalue weighted by atomic mass is 10.1. The molecule has 0 amide bonds. The van der Waals surface area contributed by atoms with Crippen LogP contribution in [0, 0.1) is 24.0 Å². The molecule has 0 radical (unpaired) electrons. The first kappa shape index (κ1) is 14.9. The third kappa shape index (κ3) is 4.57. The molecule has 104 valence electrons. The maximum Gasteiger partial charge on any atom is 0.311 e. The van der Waals surface area contributed by atoms with Crippen molar-refractivity contribution < 1.29 is 19.6 Å². The lowest BCUT2D eigenvalue weighted by Gasteiger charge is -2.10. The molecule has 0 aliphatic rings. The summed E-state index contributed by atoms with van der Waals surface area (Å²) in [6, 6.07) is 3.29. The maximum absolute atomic E-state index is 11.0. The highest BCUT2D eigenvalue weighted by Gasteiger charge is 2.18. The second kappa shape index (κ2) is 6.72. The van der Waals surface area contributed by atoms with E-state index in [1.807, 2.05) is 6.07 Å². The van der Waals surface area contributed by atoms with Crippen LogP contribution in [0.5, 0.6) is 5.75 Å². The van der Waals surface area contributed by atoms with Crippen LogP contribution in [0.25, 0.3) is 0 Å². The largest absolute Gasteiger partial charge is 0.487 e. The van der Waals surface area contributed by atoms with Gasteiger partial charge in [0, 0.05) is 12.5 Å². The quantitative estimate of drug-likeness (QED) is 0.466. The molecule has 1 rings (SSSR count). The standard InChI is InChI=1S/C13H17NO5/c1-9-7-10(2)13(11(8-9)14(17)18)19-6-4-3-5-12(15)16/h7-8H,3-6H2,1-2H3,(H,15,16). The number of carboxylic acids is 1. The Morgan fingerprint density at radius 3 is 2.63 bits per heavy atom. The van der Waals surface area contributed by atoms with E-state index in [1.165, 1.54) is 6.07 Å². The van der Waals surface area contributed by atoms with Crippen LogP contribution >= 0.6 is 0 Å². The Morgan fingerprint density at radius 2 is 2.05 bits per heavy atom. The molecular weight excluding hydrogens is 250 g/mol. The molecule has 0 atom stereocenters. The first-order valence-corrected chi connectivity index (χ1v) is 6.02. The van der Waals surface area contributed by atoms with Crippen molar-refractivity contribution >= 4 is 11.7 Å². The molecule has 0 aliphatic carbocycles. The third-order valence-corrected chi connectivity index (χ3v) is 2.63. The van der Waals surface area contributed by atoms with Gasteiger partial charge in [-0.3, -0.25) is 14.9 Å². The molecule has 0 fully saturated rings. The van der Waals surface area contributed by atoms with Crippen LogP contribution in [0.1, 0.15) is 30.4 Å². The van der Waals surface area contributed by atoms with Crippen LogP contribution < -0.4 is 4.74 Å². The van der Waals surface area contributed by atoms with Gasteiger partial charge in [0.1, 0.15) is 0 Å². The Hall–Kier alpha value is -2.11. The Morgan fingerprint density at radius 1 is 1.37 bits per heavy atom. The molecule has 1 N–H and O–H groups in total. The fourth-order valence-electron chi connectivity index (χ4n) is 1.81. The summed E-state index contributed by atoms with van der Waals surface area (Å²) in [4.78, 5) is 20.8. The zero-order chi connectivity index (χ0) is 14.4. The molecule has 0 saturated carbocycles. The number of ether oxygens (including phenoxy) is 1. The summed E-state index contributed by atoms with van der Waals surface area (Å²) in [7, 11) is 0. The normalized spacial score (nSPS) is 10.2. The van der Waals surface area contributed by atoms with Crippen molar-refractivity contribution in [3.05, 3.63) is 33.4 Å². The lowest BCUT2D eigenvalue weighted by molar-refractivity contribution is -0.386. The minimum atomic E-state index is -0.850. The van der Waals surface area contributed by atoms with Gasteiger partial charge in [0.2, 0.25) is 0 Å². The average molecular weight is 267 g/mol. The Labute approximate surface area is 111 Å². The molecule has 0 bridgehead atoms. The van der Waals surface area contributed by atoms with Gasteiger partial charge in [0.25, 0.3) is 0 Å². The van der Waals surface area contributed by atoms with E-state index in [0.29, 0.717) is 18.4 Å². The zero-order valence-corrected chi connectivity index (χ0v) is 11.0. The molecule has 19 heavy (non-hydrogen) atoms. The Kier molecular flexibility index (Phi) is 5.29. The second-order valence-corrected chi connectivity index (χ2v) is 4.39. The van der Waals surface area contributed by atoms with E-state index in [1.54, 1.807) is 13.8 Å². The number of unbranched alkanes of at least 4 members (excludes halogenated alkanes) is 1. The minimum Gasteiger partial charge on any atom is -0.487 e. The molecule has 1 aromatic rings. The molecule has 6 heteroatoms. The van der Waals surface area contributed by atoms with Gasteiger partial charge in [-0.25, -0.2) is 0 Å². The number of nitrogens with zero attached hydrogens (tertiary/aromatic N) is 1. The number of rotatable bonds is 7. The van der Waals surface area contributed by atoms with Crippen molar-refractivity contribution in [3.63, 3.8) is 0 Å². The van der Waals surface area contributed by atoms with E-state index >= 15 is 0 Å². The zero-order valence-electron chi connectivity index (χ0n) is 11.0. The van der Waals surface area contributed by atoms with Crippen LogP contribution in [0.15, 0.2) is 12.1 Å². The van der Waals surface area contributed by atoms with Crippen molar-refractivity contribution in [1.82, 2.24) is 0 Å². The van der Waals surface area contributed by atoms with E-state index in [4.69, 9.17) is 9.84 Å². The van der Waals surface area contributed by atoms with Gasteiger partial charge in [-0.05, 0) is 37.8 Å². The van der Waals surface area contributed by atoms with E-state index in [9.17, 15) is 14.9 Å². The van der Waals surface area contributed by atoms with E-state index in [0.717, 1.165) is 5.56 Å². The monoisotopic (exact) mass is 267 g/mol. The van der Waals surface area contributed by atoms with Crippen molar-refractivity contribution in [2.24, 2.45) is 0 Å². The SMILES string of the molecule is Cc1cc(C)c(OCCCCC(=O)O)c([N+](=O)[O-])c1. The van der Waals surface area contributed by atoms with Gasteiger partial charge >= 0.3 is 11.7 Å². The third-order valence-electron chi connectivity index (χ3n) is 2.63. The summed E-state index contributed by atoms with van der Waals surface area (Å²) >= 11 is 0. The van der Waals surface area contributed by atoms with Gasteiger partial charge in [0.05, 0.1) is 11.5 Å². The number of carbonyl (C=O) groups is 1. The predicted octanol–water partition coefficient (Wildman–Crippen LogP) is 2.85. The number of carboxylic acid groups (broad SMARTS) is 1. The first-order valence-electron chi connectivity index (χ1n) is 6.02. The minimum absolute atomic E-state index is 0.0456. The van der Waals surface area contributed by atoms with Crippen molar-refractivity contribution in [2.45, 2.75) is 33.1 Å². The molecule has 0 spiro atoms. The van der Waals surface area contributed by atoms with Crippen molar-refractivity contribution in [1.29, 1.82) is 0 Å². The van der Waals surface area contributed by atoms with Gasteiger partial charge in [0.15, 0.2) is 5.75 Å². The lowest BCUT2D eigenvalue weighted by Crippen LogP contribution is -2.04. The number of nitro benzene ring substituents is 1. The summed E-state index contributed by atoms with van der Waals surface area (Å²) in [6.45, 7) is 3.82. The average Bonchev–Trinajstić information content (AvgIpc) is 2.29. The van der Waals surface area contributed by atoms with E-state index < -0.39 is 10.9 Å². The highest BCUT2D eigenvalue weighted by molar-refractivity contribution is 5.66. The van der Waals surface area contributed by atoms with E-state index in [-0.39, 0.29) is 24.5 Å². The summed E-state index contributed by atoms with van der Waals surface area (Å²) < 4.78 is 5.43. The van der Waals surface area contributed by atoms with Crippen molar-refractivity contribution in [3.8, 4) is 5.75 Å². The molecular formula is C13H17NO5. The van der Waals surface area contributed by atoms with Crippen LogP contribution in [0.2, 0.25) is 0 Å². The Bertz CT molecular complexity index is 484. The summed E-state index contributed by atoms with van der Waals surface area (Å²) in [5, 5.41) is 19.4. The van der Waals surface area contributed by atoms with Gasteiger partial charge in [-0.1, -0.05) is 6.07 Å². The molecule has 0 heterocycles. The highest BCUT2D eigenvalue weighted by Crippen LogP contribution is 2.32. The molecule has 0 saturated heterocycles. The fraction of sp³-hybridized carbons (Fsp3) is 0.462. The molecule has 0 aliphatic heterocycles. The number of aliphatic carboxylic acids is 1. The van der Waals surface area contributed by atoms with Crippen molar-refractivity contribution in [2.75, 3.05) is 6.61 Å². The molecule has 0 aromatic heterocycles. The topological polar surface area (TPSA) is 89.7 Å². The first-order chi connectivity index (χ1) is 8.91. The maximum atomic E-state index is 11.0. The molecule has 0 unspecified atom stereocenters. The van der Waals surface area contributed by atoms with Gasteiger partial charge in [-0.15, -0.1) is 0 Å². The smallest absolute Gasteiger partial charge is 0.311 e. The van der Waals surface area contributed by atoms with E-state index in [2.05, 4.69) is 0 Å². The number of hydrogen-bond acceptors (Lipinski definition) is 4. The van der Waals surface area contributed by atoms with Gasteiger partial charge in [-0.2, -0.15) is 0 Å². The van der Waals surface area contributed by atoms with Crippen LogP contribution in [0.4, 0.5) is 5.69 Å². The summed E-state index contributed by atoms with van der Waals surface area (Å²) in [6.07, 6.45) is 1.13. The number of nitro groups is 1. The predicted molar refractivity (Wildman–Crippen MR) is 69.6 cm³/mol. The van der Waals surface area contributed by atoms with Crippen LogP contribution in [0.3, 0.4) is 0 Å². The second-order valence-electron chi connectivity index (χ2n) is 4.39. The van der Waals surface area contributed by atoms with Crippen LogP contribution in [-0.2, 0) is 4.79 Å². The summed E-state index contributed by atoms with van der Waals surface area (Å²) in [5.74, 6) is -0.580. The van der Waals surface area contributed by atoms with Crippen LogP contribution in [-0.4, -0.2) is 22.6 Å². The number of aryl methyl sites for hydroxylation is 2. The number of benzene rings is 1. The molecule has 6 nitrogen and oxygen atoms in total. The highest BCUT2D eigenvalue weighted by atomic mass is 16.6. The fourth-order valence-corrected chi connectivity index (χ4v) is 1.81. The van der Waals surface area contributed by atoms with Gasteiger partial charge < -0.3 is 9.84 Å².